The number of aliphatic imine (C=N–C) groups is 1. The molecule has 0 radical (unpaired) electrons. The molecule has 0 aromatic carbocycles. The SMILES string of the molecule is CCNC(=NCc1nc(C)c(C)o1)NCC(C)CN1CCOCC1.I. The molecule has 8 heteroatoms. The van der Waals surface area contributed by atoms with Gasteiger partial charge in [0.1, 0.15) is 12.3 Å². The molecule has 1 unspecified atom stereocenters. The first-order valence-electron chi connectivity index (χ1n) is 8.83. The summed E-state index contributed by atoms with van der Waals surface area (Å²) in [5.41, 5.74) is 0.928. The highest BCUT2D eigenvalue weighted by Gasteiger charge is 2.14. The molecule has 1 aliphatic heterocycles. The quantitative estimate of drug-likeness (QED) is 0.364. The number of ether oxygens (including phenoxy) is 1. The maximum Gasteiger partial charge on any atom is 0.216 e. The minimum absolute atomic E-state index is 0. The van der Waals surface area contributed by atoms with Crippen LogP contribution in [-0.2, 0) is 11.3 Å². The van der Waals surface area contributed by atoms with E-state index in [-0.39, 0.29) is 24.0 Å². The summed E-state index contributed by atoms with van der Waals surface area (Å²) in [6.45, 7) is 15.2. The van der Waals surface area contributed by atoms with E-state index in [1.165, 1.54) is 0 Å². The third-order valence-corrected chi connectivity index (χ3v) is 4.08. The van der Waals surface area contributed by atoms with E-state index in [4.69, 9.17) is 9.15 Å². The summed E-state index contributed by atoms with van der Waals surface area (Å²) < 4.78 is 11.0. The topological polar surface area (TPSA) is 74.9 Å². The van der Waals surface area contributed by atoms with Gasteiger partial charge in [-0.25, -0.2) is 9.98 Å². The van der Waals surface area contributed by atoms with Crippen LogP contribution in [0, 0.1) is 19.8 Å². The Hall–Kier alpha value is -0.870. The Labute approximate surface area is 168 Å². The molecule has 0 bridgehead atoms. The molecule has 144 valence electrons. The van der Waals surface area contributed by atoms with Crippen molar-refractivity contribution in [2.24, 2.45) is 10.9 Å². The molecular formula is C17H32IN5O2. The highest BCUT2D eigenvalue weighted by molar-refractivity contribution is 14.0. The van der Waals surface area contributed by atoms with Gasteiger partial charge in [0.05, 0.1) is 18.9 Å². The predicted octanol–water partition coefficient (Wildman–Crippen LogP) is 1.93. The van der Waals surface area contributed by atoms with Crippen LogP contribution in [0.4, 0.5) is 0 Å². The number of nitrogens with zero attached hydrogens (tertiary/aromatic N) is 3. The maximum atomic E-state index is 5.58. The molecular weight excluding hydrogens is 433 g/mol. The van der Waals surface area contributed by atoms with Gasteiger partial charge in [-0.05, 0) is 26.7 Å². The summed E-state index contributed by atoms with van der Waals surface area (Å²) in [7, 11) is 0. The van der Waals surface area contributed by atoms with Crippen molar-refractivity contribution in [1.82, 2.24) is 20.5 Å². The van der Waals surface area contributed by atoms with Crippen molar-refractivity contribution in [1.29, 1.82) is 0 Å². The van der Waals surface area contributed by atoms with E-state index in [1.807, 2.05) is 13.8 Å². The van der Waals surface area contributed by atoms with Crippen molar-refractivity contribution in [3.8, 4) is 0 Å². The highest BCUT2D eigenvalue weighted by atomic mass is 127. The zero-order chi connectivity index (χ0) is 17.4. The number of aryl methyl sites for hydroxylation is 2. The van der Waals surface area contributed by atoms with Crippen LogP contribution in [0.15, 0.2) is 9.41 Å². The third kappa shape index (κ3) is 7.91. The average Bonchev–Trinajstić information content (AvgIpc) is 2.89. The number of morpholine rings is 1. The maximum absolute atomic E-state index is 5.58. The summed E-state index contributed by atoms with van der Waals surface area (Å²) >= 11 is 0. The Kier molecular flexibility index (Phi) is 10.4. The van der Waals surface area contributed by atoms with Crippen molar-refractivity contribution in [2.75, 3.05) is 45.9 Å². The minimum Gasteiger partial charge on any atom is -0.444 e. The van der Waals surface area contributed by atoms with Gasteiger partial charge >= 0.3 is 0 Å². The van der Waals surface area contributed by atoms with Gasteiger partial charge < -0.3 is 19.8 Å². The van der Waals surface area contributed by atoms with Crippen molar-refractivity contribution >= 4 is 29.9 Å². The molecule has 25 heavy (non-hydrogen) atoms. The molecule has 1 atom stereocenters. The summed E-state index contributed by atoms with van der Waals surface area (Å²) in [5, 5.41) is 6.68. The van der Waals surface area contributed by atoms with E-state index < -0.39 is 0 Å². The Morgan fingerprint density at radius 1 is 1.28 bits per heavy atom. The second kappa shape index (κ2) is 11.7. The van der Waals surface area contributed by atoms with E-state index >= 15 is 0 Å². The molecule has 1 aromatic rings. The van der Waals surface area contributed by atoms with Crippen LogP contribution in [0.5, 0.6) is 0 Å². The fourth-order valence-corrected chi connectivity index (χ4v) is 2.66. The van der Waals surface area contributed by atoms with Gasteiger partial charge in [-0.2, -0.15) is 0 Å². The summed E-state index contributed by atoms with van der Waals surface area (Å²) in [6.07, 6.45) is 0. The second-order valence-electron chi connectivity index (χ2n) is 6.34. The van der Waals surface area contributed by atoms with Crippen molar-refractivity contribution < 1.29 is 9.15 Å². The van der Waals surface area contributed by atoms with Crippen LogP contribution >= 0.6 is 24.0 Å². The summed E-state index contributed by atoms with van der Waals surface area (Å²) in [6, 6.07) is 0. The summed E-state index contributed by atoms with van der Waals surface area (Å²) in [5.74, 6) is 2.86. The van der Waals surface area contributed by atoms with Gasteiger partial charge in [0.2, 0.25) is 5.89 Å². The average molecular weight is 465 g/mol. The molecule has 0 aliphatic carbocycles. The zero-order valence-electron chi connectivity index (χ0n) is 15.8. The first-order valence-corrected chi connectivity index (χ1v) is 8.83. The lowest BCUT2D eigenvalue weighted by molar-refractivity contribution is 0.0320. The Balaban J connectivity index is 0.00000312. The van der Waals surface area contributed by atoms with E-state index in [1.54, 1.807) is 0 Å². The van der Waals surface area contributed by atoms with Gasteiger partial charge in [-0.15, -0.1) is 24.0 Å². The standard InChI is InChI=1S/C17H31N5O2.HI/c1-5-18-17(20-11-16-21-14(3)15(4)24-16)19-10-13(2)12-22-6-8-23-9-7-22;/h13H,5-12H2,1-4H3,(H2,18,19,20);1H. The van der Waals surface area contributed by atoms with Gasteiger partial charge in [0.25, 0.3) is 0 Å². The Morgan fingerprint density at radius 3 is 2.60 bits per heavy atom. The lowest BCUT2D eigenvalue weighted by Gasteiger charge is -2.29. The monoisotopic (exact) mass is 465 g/mol. The van der Waals surface area contributed by atoms with Crippen LogP contribution in [0.3, 0.4) is 0 Å². The van der Waals surface area contributed by atoms with Crippen LogP contribution in [0.25, 0.3) is 0 Å². The number of oxazole rings is 1. The number of rotatable bonds is 7. The van der Waals surface area contributed by atoms with Gasteiger partial charge in [0.15, 0.2) is 5.96 Å². The van der Waals surface area contributed by atoms with Gasteiger partial charge in [-0.3, -0.25) is 4.90 Å². The van der Waals surface area contributed by atoms with E-state index in [9.17, 15) is 0 Å². The van der Waals surface area contributed by atoms with Crippen LogP contribution in [0.1, 0.15) is 31.2 Å². The normalized spacial score (nSPS) is 17.0. The van der Waals surface area contributed by atoms with Crippen molar-refractivity contribution in [3.05, 3.63) is 17.3 Å². The van der Waals surface area contributed by atoms with Crippen LogP contribution in [0.2, 0.25) is 0 Å². The van der Waals surface area contributed by atoms with E-state index in [0.717, 1.165) is 63.4 Å². The number of halogens is 1. The van der Waals surface area contributed by atoms with Crippen LogP contribution in [-0.4, -0.2) is 61.8 Å². The first-order chi connectivity index (χ1) is 11.6. The number of nitrogens with one attached hydrogen (secondary N) is 2. The van der Waals surface area contributed by atoms with E-state index in [2.05, 4.69) is 39.4 Å². The molecule has 2 heterocycles. The van der Waals surface area contributed by atoms with E-state index in [0.29, 0.717) is 18.4 Å². The zero-order valence-corrected chi connectivity index (χ0v) is 18.1. The van der Waals surface area contributed by atoms with Crippen molar-refractivity contribution in [2.45, 2.75) is 34.2 Å². The largest absolute Gasteiger partial charge is 0.444 e. The van der Waals surface area contributed by atoms with Crippen LogP contribution < -0.4 is 10.6 Å². The van der Waals surface area contributed by atoms with Gasteiger partial charge in [0, 0.05) is 32.7 Å². The third-order valence-electron chi connectivity index (χ3n) is 4.08. The number of hydrogen-bond donors (Lipinski definition) is 2. The molecule has 1 fully saturated rings. The second-order valence-corrected chi connectivity index (χ2v) is 6.34. The highest BCUT2D eigenvalue weighted by Crippen LogP contribution is 2.09. The molecule has 1 aromatic heterocycles. The number of aromatic nitrogens is 1. The first kappa shape index (κ1) is 22.2. The molecule has 2 N–H and O–H groups in total. The molecule has 0 amide bonds. The fourth-order valence-electron chi connectivity index (χ4n) is 2.66. The Morgan fingerprint density at radius 2 is 2.00 bits per heavy atom. The lowest BCUT2D eigenvalue weighted by Crippen LogP contribution is -2.44. The smallest absolute Gasteiger partial charge is 0.216 e. The molecule has 2 rings (SSSR count). The summed E-state index contributed by atoms with van der Waals surface area (Å²) in [4.78, 5) is 11.4. The van der Waals surface area contributed by atoms with Crippen molar-refractivity contribution in [3.63, 3.8) is 0 Å². The molecule has 1 aliphatic rings. The van der Waals surface area contributed by atoms with Gasteiger partial charge in [-0.1, -0.05) is 6.92 Å². The number of hydrogen-bond acceptors (Lipinski definition) is 5. The lowest BCUT2D eigenvalue weighted by atomic mass is 10.1. The fraction of sp³-hybridized carbons (Fsp3) is 0.765. The molecule has 7 nitrogen and oxygen atoms in total. The number of guanidine groups is 1. The predicted molar refractivity (Wildman–Crippen MR) is 111 cm³/mol. The molecule has 0 spiro atoms. The molecule has 0 saturated carbocycles. The molecule has 1 saturated heterocycles. The minimum atomic E-state index is 0. The Bertz CT molecular complexity index is 510.